The predicted octanol–water partition coefficient (Wildman–Crippen LogP) is 1.89. The van der Waals surface area contributed by atoms with Gasteiger partial charge in [-0.15, -0.1) is 0 Å². The molecule has 2 rings (SSSR count). The van der Waals surface area contributed by atoms with E-state index in [1.807, 2.05) is 17.0 Å². The van der Waals surface area contributed by atoms with E-state index in [1.54, 1.807) is 6.20 Å². The number of pyridine rings is 1. The van der Waals surface area contributed by atoms with E-state index in [1.165, 1.54) is 0 Å². The quantitative estimate of drug-likeness (QED) is 0.921. The number of aliphatic carboxylic acids is 1. The molecule has 0 saturated carbocycles. The summed E-state index contributed by atoms with van der Waals surface area (Å²) in [4.78, 5) is 17.2. The maximum atomic E-state index is 11.0. The standard InChI is InChI=1S/C11H13BrN2O2/c12-8-3-4-9(13-6-8)7-14-5-1-2-10(14)11(15)16/h3-4,6,10H,1-2,5,7H2,(H,15,16)/t10-/m1/s1. The lowest BCUT2D eigenvalue weighted by molar-refractivity contribution is -0.142. The van der Waals surface area contributed by atoms with Crippen LogP contribution in [0.15, 0.2) is 22.8 Å². The van der Waals surface area contributed by atoms with E-state index in [9.17, 15) is 4.79 Å². The molecule has 16 heavy (non-hydrogen) atoms. The van der Waals surface area contributed by atoms with Crippen LogP contribution in [-0.4, -0.2) is 33.5 Å². The highest BCUT2D eigenvalue weighted by Gasteiger charge is 2.30. The van der Waals surface area contributed by atoms with Gasteiger partial charge in [0.1, 0.15) is 6.04 Å². The van der Waals surface area contributed by atoms with E-state index in [0.717, 1.165) is 29.6 Å². The van der Waals surface area contributed by atoms with Gasteiger partial charge in [0.25, 0.3) is 0 Å². The zero-order valence-electron chi connectivity index (χ0n) is 8.77. The molecule has 5 heteroatoms. The normalized spacial score (nSPS) is 21.2. The molecule has 4 nitrogen and oxygen atoms in total. The number of hydrogen-bond donors (Lipinski definition) is 1. The van der Waals surface area contributed by atoms with Gasteiger partial charge in [-0.05, 0) is 47.4 Å². The van der Waals surface area contributed by atoms with Crippen molar-refractivity contribution >= 4 is 21.9 Å². The number of likely N-dealkylation sites (tertiary alicyclic amines) is 1. The summed E-state index contributed by atoms with van der Waals surface area (Å²) >= 11 is 3.32. The third-order valence-corrected chi connectivity index (χ3v) is 3.27. The third-order valence-electron chi connectivity index (χ3n) is 2.80. The van der Waals surface area contributed by atoms with Gasteiger partial charge in [-0.1, -0.05) is 0 Å². The molecular weight excluding hydrogens is 272 g/mol. The second-order valence-corrected chi connectivity index (χ2v) is 4.85. The first-order valence-electron chi connectivity index (χ1n) is 5.24. The number of nitrogens with zero attached hydrogens (tertiary/aromatic N) is 2. The van der Waals surface area contributed by atoms with E-state index in [2.05, 4.69) is 20.9 Å². The summed E-state index contributed by atoms with van der Waals surface area (Å²) in [6.45, 7) is 1.46. The Kier molecular flexibility index (Phi) is 3.56. The molecular formula is C11H13BrN2O2. The minimum atomic E-state index is -0.727. The summed E-state index contributed by atoms with van der Waals surface area (Å²) < 4.78 is 0.937. The average molecular weight is 285 g/mol. The van der Waals surface area contributed by atoms with Crippen LogP contribution in [0.1, 0.15) is 18.5 Å². The molecule has 1 fully saturated rings. The second kappa shape index (κ2) is 4.93. The molecule has 1 aromatic rings. The van der Waals surface area contributed by atoms with Crippen molar-refractivity contribution in [3.63, 3.8) is 0 Å². The fourth-order valence-corrected chi connectivity index (χ4v) is 2.24. The third kappa shape index (κ3) is 2.59. The minimum Gasteiger partial charge on any atom is -0.480 e. The minimum absolute atomic E-state index is 0.342. The van der Waals surface area contributed by atoms with Crippen LogP contribution in [0, 0.1) is 0 Å². The molecule has 1 aliphatic heterocycles. The maximum Gasteiger partial charge on any atom is 0.320 e. The van der Waals surface area contributed by atoms with Crippen LogP contribution in [0.5, 0.6) is 0 Å². The Morgan fingerprint density at radius 3 is 3.06 bits per heavy atom. The van der Waals surface area contributed by atoms with E-state index in [-0.39, 0.29) is 6.04 Å². The molecule has 0 aliphatic carbocycles. The van der Waals surface area contributed by atoms with Crippen molar-refractivity contribution in [1.82, 2.24) is 9.88 Å². The van der Waals surface area contributed by atoms with Crippen molar-refractivity contribution in [1.29, 1.82) is 0 Å². The maximum absolute atomic E-state index is 11.0. The first kappa shape index (κ1) is 11.5. The predicted molar refractivity (Wildman–Crippen MR) is 63.0 cm³/mol. The zero-order valence-corrected chi connectivity index (χ0v) is 10.4. The Morgan fingerprint density at radius 1 is 1.62 bits per heavy atom. The van der Waals surface area contributed by atoms with E-state index in [0.29, 0.717) is 6.54 Å². The first-order valence-corrected chi connectivity index (χ1v) is 6.03. The van der Waals surface area contributed by atoms with E-state index < -0.39 is 5.97 Å². The number of carboxylic acids is 1. The van der Waals surface area contributed by atoms with Gasteiger partial charge in [-0.25, -0.2) is 0 Å². The van der Waals surface area contributed by atoms with Gasteiger partial charge in [0.15, 0.2) is 0 Å². The smallest absolute Gasteiger partial charge is 0.320 e. The fraction of sp³-hybridized carbons (Fsp3) is 0.455. The van der Waals surface area contributed by atoms with Gasteiger partial charge in [0.05, 0.1) is 5.69 Å². The van der Waals surface area contributed by atoms with Crippen LogP contribution in [0.4, 0.5) is 0 Å². The van der Waals surface area contributed by atoms with Gasteiger partial charge < -0.3 is 5.11 Å². The molecule has 1 atom stereocenters. The summed E-state index contributed by atoms with van der Waals surface area (Å²) in [5.41, 5.74) is 0.913. The molecule has 0 radical (unpaired) electrons. The average Bonchev–Trinajstić information content (AvgIpc) is 2.69. The highest BCUT2D eigenvalue weighted by molar-refractivity contribution is 9.10. The number of carbonyl (C=O) groups is 1. The lowest BCUT2D eigenvalue weighted by Crippen LogP contribution is -2.35. The molecule has 1 aliphatic rings. The highest BCUT2D eigenvalue weighted by Crippen LogP contribution is 2.20. The van der Waals surface area contributed by atoms with Crippen LogP contribution in [-0.2, 0) is 11.3 Å². The molecule has 2 heterocycles. The van der Waals surface area contributed by atoms with Crippen LogP contribution in [0.25, 0.3) is 0 Å². The molecule has 0 amide bonds. The van der Waals surface area contributed by atoms with Crippen molar-refractivity contribution in [2.75, 3.05) is 6.54 Å². The largest absolute Gasteiger partial charge is 0.480 e. The molecule has 86 valence electrons. The Balaban J connectivity index is 2.03. The molecule has 1 N–H and O–H groups in total. The summed E-state index contributed by atoms with van der Waals surface area (Å²) in [6, 6.07) is 3.50. The summed E-state index contributed by atoms with van der Waals surface area (Å²) in [5, 5.41) is 9.04. The lowest BCUT2D eigenvalue weighted by Gasteiger charge is -2.20. The van der Waals surface area contributed by atoms with Crippen molar-refractivity contribution in [3.05, 3.63) is 28.5 Å². The Bertz CT molecular complexity index is 380. The Morgan fingerprint density at radius 2 is 2.44 bits per heavy atom. The Hall–Kier alpha value is -0.940. The van der Waals surface area contributed by atoms with Gasteiger partial charge in [0, 0.05) is 17.2 Å². The van der Waals surface area contributed by atoms with Crippen molar-refractivity contribution in [2.45, 2.75) is 25.4 Å². The van der Waals surface area contributed by atoms with Gasteiger partial charge in [0.2, 0.25) is 0 Å². The molecule has 1 saturated heterocycles. The number of carboxylic acid groups (broad SMARTS) is 1. The zero-order chi connectivity index (χ0) is 11.5. The van der Waals surface area contributed by atoms with Gasteiger partial charge in [-0.2, -0.15) is 0 Å². The molecule has 0 spiro atoms. The molecule has 1 aromatic heterocycles. The fourth-order valence-electron chi connectivity index (χ4n) is 2.00. The van der Waals surface area contributed by atoms with Gasteiger partial charge >= 0.3 is 5.97 Å². The van der Waals surface area contributed by atoms with Crippen molar-refractivity contribution in [3.8, 4) is 0 Å². The van der Waals surface area contributed by atoms with Crippen LogP contribution in [0.2, 0.25) is 0 Å². The van der Waals surface area contributed by atoms with Crippen molar-refractivity contribution < 1.29 is 9.90 Å². The number of halogens is 1. The lowest BCUT2D eigenvalue weighted by atomic mass is 10.2. The molecule has 0 unspecified atom stereocenters. The SMILES string of the molecule is O=C(O)[C@H]1CCCN1Cc1ccc(Br)cn1. The highest BCUT2D eigenvalue weighted by atomic mass is 79.9. The number of rotatable bonds is 3. The van der Waals surface area contributed by atoms with Crippen LogP contribution < -0.4 is 0 Å². The Labute approximate surface area is 102 Å². The van der Waals surface area contributed by atoms with E-state index in [4.69, 9.17) is 5.11 Å². The summed E-state index contributed by atoms with van der Waals surface area (Å²) in [7, 11) is 0. The molecule has 0 bridgehead atoms. The summed E-state index contributed by atoms with van der Waals surface area (Å²) in [5.74, 6) is -0.727. The number of hydrogen-bond acceptors (Lipinski definition) is 3. The molecule has 0 aromatic carbocycles. The number of aromatic nitrogens is 1. The van der Waals surface area contributed by atoms with Gasteiger partial charge in [-0.3, -0.25) is 14.7 Å². The van der Waals surface area contributed by atoms with Crippen molar-refractivity contribution in [2.24, 2.45) is 0 Å². The topological polar surface area (TPSA) is 53.4 Å². The second-order valence-electron chi connectivity index (χ2n) is 3.93. The van der Waals surface area contributed by atoms with E-state index >= 15 is 0 Å². The van der Waals surface area contributed by atoms with Crippen LogP contribution in [0.3, 0.4) is 0 Å². The summed E-state index contributed by atoms with van der Waals surface area (Å²) in [6.07, 6.45) is 3.43. The first-order chi connectivity index (χ1) is 7.66. The van der Waals surface area contributed by atoms with Crippen LogP contribution >= 0.6 is 15.9 Å². The monoisotopic (exact) mass is 284 g/mol.